The molecule has 1 aliphatic carbocycles. The lowest BCUT2D eigenvalue weighted by Crippen LogP contribution is -2.38. The number of hydrogen-bond acceptors (Lipinski definition) is 6. The van der Waals surface area contributed by atoms with E-state index in [-0.39, 0.29) is 23.4 Å². The SMILES string of the molecule is CN(C1CCCCC1)S(=O)(=O)c1ccc(C(=O)N(Cc2ccco2)c2nc3ccc(Cl)cc3s2)cc1. The molecule has 0 aliphatic heterocycles. The number of halogens is 1. The lowest BCUT2D eigenvalue weighted by molar-refractivity contribution is 0.0983. The molecule has 0 radical (unpaired) electrons. The van der Waals surface area contributed by atoms with Crippen LogP contribution in [0.4, 0.5) is 5.13 Å². The van der Waals surface area contributed by atoms with E-state index in [0.29, 0.717) is 21.5 Å². The van der Waals surface area contributed by atoms with E-state index in [9.17, 15) is 13.2 Å². The molecule has 36 heavy (non-hydrogen) atoms. The highest BCUT2D eigenvalue weighted by Crippen LogP contribution is 2.33. The van der Waals surface area contributed by atoms with Gasteiger partial charge in [-0.05, 0) is 67.4 Å². The van der Waals surface area contributed by atoms with Crippen molar-refractivity contribution < 1.29 is 17.6 Å². The smallest absolute Gasteiger partial charge is 0.260 e. The number of sulfonamides is 1. The van der Waals surface area contributed by atoms with Crippen molar-refractivity contribution in [3.63, 3.8) is 0 Å². The fraction of sp³-hybridized carbons (Fsp3) is 0.308. The Balaban J connectivity index is 1.43. The molecule has 10 heteroatoms. The van der Waals surface area contributed by atoms with Gasteiger partial charge in [0.2, 0.25) is 10.0 Å². The lowest BCUT2D eigenvalue weighted by atomic mass is 9.96. The fourth-order valence-corrected chi connectivity index (χ4v) is 7.17. The number of furan rings is 1. The van der Waals surface area contributed by atoms with Crippen molar-refractivity contribution in [3.05, 3.63) is 77.2 Å². The third-order valence-corrected chi connectivity index (χ3v) is 9.78. The molecule has 5 rings (SSSR count). The predicted octanol–water partition coefficient (Wildman–Crippen LogP) is 6.34. The van der Waals surface area contributed by atoms with Crippen molar-refractivity contribution in [3.8, 4) is 0 Å². The van der Waals surface area contributed by atoms with E-state index in [2.05, 4.69) is 4.98 Å². The summed E-state index contributed by atoms with van der Waals surface area (Å²) in [6.07, 6.45) is 6.54. The number of hydrogen-bond donors (Lipinski definition) is 0. The summed E-state index contributed by atoms with van der Waals surface area (Å²) < 4.78 is 34.2. The standard InChI is InChI=1S/C26H26ClN3O4S2/c1-29(20-6-3-2-4-7-20)36(32,33)22-12-9-18(10-13-22)25(31)30(17-21-8-5-15-34-21)26-28-23-14-11-19(27)16-24(23)35-26/h5,8-16,20H,2-4,6-7,17H2,1H3. The summed E-state index contributed by atoms with van der Waals surface area (Å²) in [5, 5.41) is 1.10. The first kappa shape index (κ1) is 25.0. The van der Waals surface area contributed by atoms with Gasteiger partial charge in [0.05, 0.1) is 27.9 Å². The van der Waals surface area contributed by atoms with E-state index in [1.54, 1.807) is 43.6 Å². The van der Waals surface area contributed by atoms with Gasteiger partial charge in [-0.1, -0.05) is 42.2 Å². The predicted molar refractivity (Wildman–Crippen MR) is 142 cm³/mol. The van der Waals surface area contributed by atoms with Gasteiger partial charge in [-0.3, -0.25) is 9.69 Å². The minimum atomic E-state index is -3.65. The first-order valence-corrected chi connectivity index (χ1v) is 14.4. The lowest BCUT2D eigenvalue weighted by Gasteiger charge is -2.30. The van der Waals surface area contributed by atoms with Gasteiger partial charge < -0.3 is 4.42 Å². The first-order chi connectivity index (χ1) is 17.3. The van der Waals surface area contributed by atoms with Gasteiger partial charge in [-0.15, -0.1) is 0 Å². The Kier molecular flexibility index (Phi) is 7.16. The first-order valence-electron chi connectivity index (χ1n) is 11.8. The van der Waals surface area contributed by atoms with Crippen LogP contribution in [0.5, 0.6) is 0 Å². The van der Waals surface area contributed by atoms with Gasteiger partial charge in [0.25, 0.3) is 5.91 Å². The quantitative estimate of drug-likeness (QED) is 0.271. The number of carbonyl (C=O) groups is 1. The number of thiazole rings is 1. The zero-order valence-electron chi connectivity index (χ0n) is 19.8. The number of rotatable bonds is 7. The third-order valence-electron chi connectivity index (χ3n) is 6.58. The van der Waals surface area contributed by atoms with Gasteiger partial charge in [-0.25, -0.2) is 13.4 Å². The van der Waals surface area contributed by atoms with Crippen LogP contribution in [-0.2, 0) is 16.6 Å². The summed E-state index contributed by atoms with van der Waals surface area (Å²) in [5.74, 6) is 0.301. The maximum Gasteiger partial charge on any atom is 0.260 e. The molecule has 2 aromatic heterocycles. The molecule has 0 saturated heterocycles. The van der Waals surface area contributed by atoms with Crippen LogP contribution < -0.4 is 4.90 Å². The molecule has 0 N–H and O–H groups in total. The number of aromatic nitrogens is 1. The van der Waals surface area contributed by atoms with E-state index in [0.717, 1.165) is 42.3 Å². The van der Waals surface area contributed by atoms with Crippen molar-refractivity contribution in [2.45, 2.75) is 49.6 Å². The largest absolute Gasteiger partial charge is 0.467 e. The Bertz CT molecular complexity index is 1460. The van der Waals surface area contributed by atoms with Crippen molar-refractivity contribution in [1.82, 2.24) is 9.29 Å². The molecule has 1 fully saturated rings. The molecule has 2 aromatic carbocycles. The van der Waals surface area contributed by atoms with Crippen LogP contribution in [0.2, 0.25) is 5.02 Å². The second-order valence-electron chi connectivity index (χ2n) is 8.92. The molecular formula is C26H26ClN3O4S2. The van der Waals surface area contributed by atoms with Gasteiger partial charge in [-0.2, -0.15) is 4.31 Å². The molecule has 4 aromatic rings. The number of benzene rings is 2. The Morgan fingerprint density at radius 3 is 2.56 bits per heavy atom. The topological polar surface area (TPSA) is 83.7 Å². The van der Waals surface area contributed by atoms with Crippen LogP contribution in [-0.4, -0.2) is 36.7 Å². The normalized spacial score (nSPS) is 15.0. The highest BCUT2D eigenvalue weighted by atomic mass is 35.5. The van der Waals surface area contributed by atoms with E-state index in [1.165, 1.54) is 32.7 Å². The average molecular weight is 544 g/mol. The van der Waals surface area contributed by atoms with E-state index in [4.69, 9.17) is 16.0 Å². The monoisotopic (exact) mass is 543 g/mol. The number of carbonyl (C=O) groups excluding carboxylic acids is 1. The second-order valence-corrected chi connectivity index (χ2v) is 12.4. The third kappa shape index (κ3) is 5.06. The Hall–Kier alpha value is -2.72. The maximum atomic E-state index is 13.6. The number of anilines is 1. The van der Waals surface area contributed by atoms with E-state index < -0.39 is 10.0 Å². The number of fused-ring (bicyclic) bond motifs is 1. The molecule has 1 aliphatic rings. The maximum absolute atomic E-state index is 13.6. The molecule has 2 heterocycles. The molecule has 0 unspecified atom stereocenters. The molecule has 188 valence electrons. The summed E-state index contributed by atoms with van der Waals surface area (Å²) >= 11 is 7.49. The summed E-state index contributed by atoms with van der Waals surface area (Å²) in [6.45, 7) is 0.184. The summed E-state index contributed by atoms with van der Waals surface area (Å²) in [7, 11) is -2.00. The summed E-state index contributed by atoms with van der Waals surface area (Å²) in [5.41, 5.74) is 1.10. The van der Waals surface area contributed by atoms with Crippen LogP contribution in [0.3, 0.4) is 0 Å². The van der Waals surface area contributed by atoms with Gasteiger partial charge >= 0.3 is 0 Å². The van der Waals surface area contributed by atoms with Crippen LogP contribution in [0, 0.1) is 0 Å². The Labute approximate surface area is 219 Å². The van der Waals surface area contributed by atoms with Gasteiger partial charge in [0, 0.05) is 23.7 Å². The molecule has 0 bridgehead atoms. The second kappa shape index (κ2) is 10.3. The number of amides is 1. The van der Waals surface area contributed by atoms with Gasteiger partial charge in [0.15, 0.2) is 5.13 Å². The molecule has 1 amide bonds. The minimum absolute atomic E-state index is 0.0152. The van der Waals surface area contributed by atoms with Crippen LogP contribution in [0.15, 0.2) is 70.2 Å². The molecule has 0 atom stereocenters. The van der Waals surface area contributed by atoms with Crippen LogP contribution in [0.1, 0.15) is 48.2 Å². The van der Waals surface area contributed by atoms with Crippen molar-refractivity contribution in [2.24, 2.45) is 0 Å². The van der Waals surface area contributed by atoms with Gasteiger partial charge in [0.1, 0.15) is 5.76 Å². The van der Waals surface area contributed by atoms with Crippen molar-refractivity contribution in [2.75, 3.05) is 11.9 Å². The summed E-state index contributed by atoms with van der Waals surface area (Å²) in [6, 6.07) is 15.1. The Morgan fingerprint density at radius 1 is 1.11 bits per heavy atom. The molecule has 1 saturated carbocycles. The van der Waals surface area contributed by atoms with E-state index in [1.807, 2.05) is 12.1 Å². The highest BCUT2D eigenvalue weighted by Gasteiger charge is 2.30. The molecule has 7 nitrogen and oxygen atoms in total. The average Bonchev–Trinajstić information content (AvgIpc) is 3.56. The summed E-state index contributed by atoms with van der Waals surface area (Å²) in [4.78, 5) is 20.0. The van der Waals surface area contributed by atoms with Crippen molar-refractivity contribution >= 4 is 54.2 Å². The van der Waals surface area contributed by atoms with Crippen LogP contribution >= 0.6 is 22.9 Å². The van der Waals surface area contributed by atoms with Crippen LogP contribution in [0.25, 0.3) is 10.2 Å². The highest BCUT2D eigenvalue weighted by molar-refractivity contribution is 7.89. The van der Waals surface area contributed by atoms with E-state index >= 15 is 0 Å². The fourth-order valence-electron chi connectivity index (χ4n) is 4.52. The van der Waals surface area contributed by atoms with Crippen molar-refractivity contribution in [1.29, 1.82) is 0 Å². The zero-order chi connectivity index (χ0) is 25.3. The minimum Gasteiger partial charge on any atom is -0.467 e. The molecule has 0 spiro atoms. The number of nitrogens with zero attached hydrogens (tertiary/aromatic N) is 3. The molecular weight excluding hydrogens is 518 g/mol. The Morgan fingerprint density at radius 2 is 1.86 bits per heavy atom. The zero-order valence-corrected chi connectivity index (χ0v) is 22.2.